The SMILES string of the molecule is Cc1cc(S(=O)(=O)Cl)ccc1C(=O)NCC1(C)CC1. The van der Waals surface area contributed by atoms with Crippen LogP contribution < -0.4 is 5.32 Å². The van der Waals surface area contributed by atoms with Crippen LogP contribution in [0.5, 0.6) is 0 Å². The Morgan fingerprint density at radius 3 is 2.53 bits per heavy atom. The van der Waals surface area contributed by atoms with E-state index in [1.807, 2.05) is 0 Å². The largest absolute Gasteiger partial charge is 0.351 e. The molecule has 0 saturated heterocycles. The zero-order valence-electron chi connectivity index (χ0n) is 10.9. The van der Waals surface area contributed by atoms with Crippen molar-refractivity contribution in [2.24, 2.45) is 5.41 Å². The normalized spacial score (nSPS) is 17.0. The van der Waals surface area contributed by atoms with Crippen molar-refractivity contribution in [3.63, 3.8) is 0 Å². The molecule has 1 aromatic carbocycles. The van der Waals surface area contributed by atoms with E-state index >= 15 is 0 Å². The van der Waals surface area contributed by atoms with Gasteiger partial charge in [-0.15, -0.1) is 0 Å². The molecule has 0 bridgehead atoms. The number of carbonyl (C=O) groups is 1. The highest BCUT2D eigenvalue weighted by Crippen LogP contribution is 2.44. The number of hydrogen-bond acceptors (Lipinski definition) is 3. The third-order valence-corrected chi connectivity index (χ3v) is 4.85. The van der Waals surface area contributed by atoms with Crippen LogP contribution in [-0.2, 0) is 9.05 Å². The lowest BCUT2D eigenvalue weighted by molar-refractivity contribution is 0.0945. The molecular weight excluding hydrogens is 286 g/mol. The second-order valence-electron chi connectivity index (χ2n) is 5.41. The Balaban J connectivity index is 2.14. The van der Waals surface area contributed by atoms with Gasteiger partial charge >= 0.3 is 0 Å². The number of carbonyl (C=O) groups excluding carboxylic acids is 1. The number of hydrogen-bond donors (Lipinski definition) is 1. The fourth-order valence-electron chi connectivity index (χ4n) is 1.82. The van der Waals surface area contributed by atoms with Gasteiger partial charge in [0.15, 0.2) is 0 Å². The van der Waals surface area contributed by atoms with E-state index in [9.17, 15) is 13.2 Å². The molecule has 0 aliphatic heterocycles. The average Bonchev–Trinajstić information content (AvgIpc) is 3.03. The van der Waals surface area contributed by atoms with E-state index < -0.39 is 9.05 Å². The molecule has 0 radical (unpaired) electrons. The summed E-state index contributed by atoms with van der Waals surface area (Å²) in [7, 11) is 1.51. The van der Waals surface area contributed by atoms with Gasteiger partial charge in [-0.3, -0.25) is 4.79 Å². The Morgan fingerprint density at radius 2 is 2.05 bits per heavy atom. The summed E-state index contributed by atoms with van der Waals surface area (Å²) in [6, 6.07) is 4.26. The highest BCUT2D eigenvalue weighted by atomic mass is 35.7. The van der Waals surface area contributed by atoms with Gasteiger partial charge in [0.1, 0.15) is 0 Å². The van der Waals surface area contributed by atoms with Crippen LogP contribution in [0.2, 0.25) is 0 Å². The first-order chi connectivity index (χ1) is 8.71. The fourth-order valence-corrected chi connectivity index (χ4v) is 2.66. The molecular formula is C13H16ClNO3S. The van der Waals surface area contributed by atoms with Gasteiger partial charge < -0.3 is 5.32 Å². The summed E-state index contributed by atoms with van der Waals surface area (Å²) in [5.41, 5.74) is 1.32. The molecule has 19 heavy (non-hydrogen) atoms. The van der Waals surface area contributed by atoms with Crippen molar-refractivity contribution in [1.82, 2.24) is 5.32 Å². The van der Waals surface area contributed by atoms with Crippen molar-refractivity contribution in [3.05, 3.63) is 29.3 Å². The van der Waals surface area contributed by atoms with E-state index in [-0.39, 0.29) is 16.2 Å². The summed E-state index contributed by atoms with van der Waals surface area (Å²) in [6.07, 6.45) is 2.27. The van der Waals surface area contributed by atoms with Gasteiger partial charge in [0, 0.05) is 22.8 Å². The van der Waals surface area contributed by atoms with Crippen molar-refractivity contribution in [1.29, 1.82) is 0 Å². The number of benzene rings is 1. The van der Waals surface area contributed by atoms with Gasteiger partial charge in [0.05, 0.1) is 4.90 Å². The first-order valence-corrected chi connectivity index (χ1v) is 8.36. The Labute approximate surface area is 117 Å². The molecule has 2 rings (SSSR count). The van der Waals surface area contributed by atoms with Crippen LogP contribution in [-0.4, -0.2) is 20.9 Å². The van der Waals surface area contributed by atoms with Crippen LogP contribution in [0.1, 0.15) is 35.7 Å². The van der Waals surface area contributed by atoms with E-state index in [0.29, 0.717) is 17.7 Å². The Hall–Kier alpha value is -1.07. The molecule has 1 fully saturated rings. The lowest BCUT2D eigenvalue weighted by Gasteiger charge is -2.12. The number of aryl methyl sites for hydroxylation is 1. The van der Waals surface area contributed by atoms with Crippen molar-refractivity contribution >= 4 is 25.6 Å². The molecule has 1 aliphatic rings. The Kier molecular flexibility index (Phi) is 3.62. The lowest BCUT2D eigenvalue weighted by Crippen LogP contribution is -2.29. The maximum absolute atomic E-state index is 12.0. The minimum absolute atomic E-state index is 0.0115. The molecule has 6 heteroatoms. The molecule has 0 atom stereocenters. The van der Waals surface area contributed by atoms with Crippen molar-refractivity contribution in [2.75, 3.05) is 6.54 Å². The minimum atomic E-state index is -3.75. The van der Waals surface area contributed by atoms with Gasteiger partial charge in [-0.1, -0.05) is 6.92 Å². The first kappa shape index (κ1) is 14.3. The topological polar surface area (TPSA) is 63.2 Å². The second kappa shape index (κ2) is 4.80. The average molecular weight is 302 g/mol. The predicted molar refractivity (Wildman–Crippen MR) is 73.9 cm³/mol. The Bertz CT molecular complexity index is 621. The molecule has 0 unspecified atom stereocenters. The molecule has 104 valence electrons. The molecule has 0 aromatic heterocycles. The zero-order chi connectivity index (χ0) is 14.3. The van der Waals surface area contributed by atoms with Crippen molar-refractivity contribution in [2.45, 2.75) is 31.6 Å². The monoisotopic (exact) mass is 301 g/mol. The van der Waals surface area contributed by atoms with Gasteiger partial charge in [-0.2, -0.15) is 0 Å². The van der Waals surface area contributed by atoms with Crippen molar-refractivity contribution < 1.29 is 13.2 Å². The second-order valence-corrected chi connectivity index (χ2v) is 7.97. The van der Waals surface area contributed by atoms with Gasteiger partial charge in [0.25, 0.3) is 15.0 Å². The van der Waals surface area contributed by atoms with Gasteiger partial charge in [-0.25, -0.2) is 8.42 Å². The minimum Gasteiger partial charge on any atom is -0.351 e. The standard InChI is InChI=1S/C13H16ClNO3S/c1-9-7-10(19(14,17)18)3-4-11(9)12(16)15-8-13(2)5-6-13/h3-4,7H,5-6,8H2,1-2H3,(H,15,16). The molecule has 0 heterocycles. The summed E-state index contributed by atoms with van der Waals surface area (Å²) in [6.45, 7) is 4.48. The zero-order valence-corrected chi connectivity index (χ0v) is 12.4. The van der Waals surface area contributed by atoms with Crippen LogP contribution in [0, 0.1) is 12.3 Å². The summed E-state index contributed by atoms with van der Waals surface area (Å²) < 4.78 is 22.4. The maximum atomic E-state index is 12.0. The third kappa shape index (κ3) is 3.48. The number of nitrogens with one attached hydrogen (secondary N) is 1. The highest BCUT2D eigenvalue weighted by molar-refractivity contribution is 8.13. The van der Waals surface area contributed by atoms with Gasteiger partial charge in [0.2, 0.25) is 0 Å². The highest BCUT2D eigenvalue weighted by Gasteiger charge is 2.37. The summed E-state index contributed by atoms with van der Waals surface area (Å²) >= 11 is 0. The van der Waals surface area contributed by atoms with Crippen LogP contribution in [0.25, 0.3) is 0 Å². The fraction of sp³-hybridized carbons (Fsp3) is 0.462. The Morgan fingerprint density at radius 1 is 1.42 bits per heavy atom. The number of halogens is 1. The molecule has 4 nitrogen and oxygen atoms in total. The first-order valence-electron chi connectivity index (χ1n) is 6.05. The van der Waals surface area contributed by atoms with Crippen molar-refractivity contribution in [3.8, 4) is 0 Å². The van der Waals surface area contributed by atoms with E-state index in [0.717, 1.165) is 12.8 Å². The van der Waals surface area contributed by atoms with E-state index in [1.165, 1.54) is 18.2 Å². The summed E-state index contributed by atoms with van der Waals surface area (Å²) in [5.74, 6) is -0.177. The molecule has 1 aliphatic carbocycles. The molecule has 1 aromatic rings. The molecule has 1 saturated carbocycles. The van der Waals surface area contributed by atoms with E-state index in [2.05, 4.69) is 12.2 Å². The predicted octanol–water partition coefficient (Wildman–Crippen LogP) is 2.45. The number of rotatable bonds is 4. The molecule has 1 amide bonds. The lowest BCUT2D eigenvalue weighted by atomic mass is 10.1. The van der Waals surface area contributed by atoms with Gasteiger partial charge in [-0.05, 0) is 48.9 Å². The smallest absolute Gasteiger partial charge is 0.261 e. The quantitative estimate of drug-likeness (QED) is 0.869. The van der Waals surface area contributed by atoms with Crippen LogP contribution in [0.15, 0.2) is 23.1 Å². The number of amides is 1. The maximum Gasteiger partial charge on any atom is 0.261 e. The van der Waals surface area contributed by atoms with E-state index in [4.69, 9.17) is 10.7 Å². The summed E-state index contributed by atoms with van der Waals surface area (Å²) in [4.78, 5) is 12.0. The molecule has 1 N–H and O–H groups in total. The van der Waals surface area contributed by atoms with Crippen LogP contribution in [0.3, 0.4) is 0 Å². The van der Waals surface area contributed by atoms with E-state index in [1.54, 1.807) is 6.92 Å². The van der Waals surface area contributed by atoms with Crippen LogP contribution in [0.4, 0.5) is 0 Å². The summed E-state index contributed by atoms with van der Waals surface area (Å²) in [5, 5.41) is 2.88. The van der Waals surface area contributed by atoms with Crippen LogP contribution >= 0.6 is 10.7 Å². The molecule has 0 spiro atoms. The third-order valence-electron chi connectivity index (χ3n) is 3.50.